The molecule has 0 amide bonds. The monoisotopic (exact) mass is 433 g/mol. The summed E-state index contributed by atoms with van der Waals surface area (Å²) >= 11 is 0. The van der Waals surface area contributed by atoms with E-state index in [-0.39, 0.29) is 11.3 Å². The number of fused-ring (bicyclic) bond motifs is 1. The normalized spacial score (nSPS) is 14.8. The number of phenols is 1. The molecule has 162 valence electrons. The molecule has 1 fully saturated rings. The van der Waals surface area contributed by atoms with Crippen molar-refractivity contribution in [3.05, 3.63) is 90.6 Å². The van der Waals surface area contributed by atoms with Crippen LogP contribution in [0.15, 0.2) is 85.1 Å². The molecule has 1 saturated carbocycles. The van der Waals surface area contributed by atoms with E-state index in [1.807, 2.05) is 24.4 Å². The third-order valence-electron chi connectivity index (χ3n) is 6.52. The summed E-state index contributed by atoms with van der Waals surface area (Å²) in [5.41, 5.74) is 12.2. The Labute approximate surface area is 191 Å². The van der Waals surface area contributed by atoms with Crippen LogP contribution in [-0.2, 0) is 5.54 Å². The van der Waals surface area contributed by atoms with Gasteiger partial charge in [-0.15, -0.1) is 5.10 Å². The first-order valence-corrected chi connectivity index (χ1v) is 11.1. The number of hydrogen-bond donors (Lipinski definition) is 2. The molecule has 6 rings (SSSR count). The van der Waals surface area contributed by atoms with Crippen LogP contribution in [0.1, 0.15) is 24.8 Å². The van der Waals surface area contributed by atoms with Gasteiger partial charge in [-0.3, -0.25) is 0 Å². The van der Waals surface area contributed by atoms with Crippen molar-refractivity contribution in [2.75, 3.05) is 0 Å². The van der Waals surface area contributed by atoms with Gasteiger partial charge in [-0.1, -0.05) is 54.6 Å². The van der Waals surface area contributed by atoms with Gasteiger partial charge in [0.1, 0.15) is 5.75 Å². The summed E-state index contributed by atoms with van der Waals surface area (Å²) < 4.78 is 1.71. The molecule has 0 saturated heterocycles. The average Bonchev–Trinajstić information content (AvgIpc) is 3.26. The second-order valence-corrected chi connectivity index (χ2v) is 8.68. The lowest BCUT2D eigenvalue weighted by atomic mass is 9.72. The minimum absolute atomic E-state index is 0.190. The Kier molecular flexibility index (Phi) is 4.48. The summed E-state index contributed by atoms with van der Waals surface area (Å²) in [7, 11) is 0. The van der Waals surface area contributed by atoms with Gasteiger partial charge in [-0.05, 0) is 54.7 Å². The van der Waals surface area contributed by atoms with Crippen LogP contribution < -0.4 is 5.73 Å². The Morgan fingerprint density at radius 3 is 2.15 bits per heavy atom. The highest BCUT2D eigenvalue weighted by atomic mass is 16.3. The zero-order chi connectivity index (χ0) is 22.4. The molecule has 0 bridgehead atoms. The molecule has 0 aliphatic heterocycles. The fraction of sp³-hybridized carbons (Fsp3) is 0.148. The van der Waals surface area contributed by atoms with Crippen LogP contribution in [0.4, 0.5) is 0 Å². The predicted octanol–water partition coefficient (Wildman–Crippen LogP) is 5.17. The van der Waals surface area contributed by atoms with Crippen molar-refractivity contribution < 1.29 is 5.11 Å². The lowest BCUT2D eigenvalue weighted by Gasteiger charge is -2.38. The summed E-state index contributed by atoms with van der Waals surface area (Å²) in [6.07, 6.45) is 5.23. The van der Waals surface area contributed by atoms with Crippen molar-refractivity contribution >= 4 is 5.78 Å². The number of aromatic nitrogens is 4. The highest BCUT2D eigenvalue weighted by Crippen LogP contribution is 2.39. The van der Waals surface area contributed by atoms with Crippen LogP contribution in [-0.4, -0.2) is 24.7 Å². The summed E-state index contributed by atoms with van der Waals surface area (Å²) in [5.74, 6) is 1.29. The molecular formula is C27H23N5O. The second-order valence-electron chi connectivity index (χ2n) is 8.68. The molecule has 1 aliphatic carbocycles. The van der Waals surface area contributed by atoms with Gasteiger partial charge < -0.3 is 10.8 Å². The maximum Gasteiger partial charge on any atom is 0.253 e. The van der Waals surface area contributed by atoms with Crippen molar-refractivity contribution in [3.8, 4) is 39.5 Å². The SMILES string of the molecule is NC1(c2ccc(-c3nc4nc(-c5ccc(O)cc5)nn4cc3-c3ccccc3)cc2)CCC1. The lowest BCUT2D eigenvalue weighted by molar-refractivity contribution is 0.253. The molecule has 3 N–H and O–H groups in total. The Bertz CT molecular complexity index is 1440. The smallest absolute Gasteiger partial charge is 0.253 e. The summed E-state index contributed by atoms with van der Waals surface area (Å²) in [4.78, 5) is 9.57. The van der Waals surface area contributed by atoms with E-state index in [4.69, 9.17) is 10.7 Å². The first-order chi connectivity index (χ1) is 16.1. The zero-order valence-electron chi connectivity index (χ0n) is 18.0. The Balaban J connectivity index is 1.49. The van der Waals surface area contributed by atoms with Gasteiger partial charge in [0.15, 0.2) is 5.82 Å². The van der Waals surface area contributed by atoms with E-state index in [9.17, 15) is 5.11 Å². The molecule has 2 heterocycles. The van der Waals surface area contributed by atoms with Crippen molar-refractivity contribution in [2.45, 2.75) is 24.8 Å². The number of hydrogen-bond acceptors (Lipinski definition) is 5. The van der Waals surface area contributed by atoms with Crippen LogP contribution in [0, 0.1) is 0 Å². The van der Waals surface area contributed by atoms with Crippen molar-refractivity contribution in [1.29, 1.82) is 0 Å². The fourth-order valence-corrected chi connectivity index (χ4v) is 4.41. The lowest BCUT2D eigenvalue weighted by Crippen LogP contribution is -2.43. The van der Waals surface area contributed by atoms with Crippen LogP contribution in [0.5, 0.6) is 5.75 Å². The minimum atomic E-state index is -0.190. The van der Waals surface area contributed by atoms with E-state index in [0.717, 1.165) is 40.8 Å². The number of nitrogens with two attached hydrogens (primary N) is 1. The van der Waals surface area contributed by atoms with E-state index in [2.05, 4.69) is 46.5 Å². The van der Waals surface area contributed by atoms with E-state index < -0.39 is 0 Å². The zero-order valence-corrected chi connectivity index (χ0v) is 18.0. The Hall–Kier alpha value is -4.03. The highest BCUT2D eigenvalue weighted by Gasteiger charge is 2.34. The predicted molar refractivity (Wildman–Crippen MR) is 128 cm³/mol. The summed E-state index contributed by atoms with van der Waals surface area (Å²) in [5, 5.41) is 14.2. The molecule has 2 aromatic heterocycles. The molecule has 6 nitrogen and oxygen atoms in total. The molecule has 0 radical (unpaired) electrons. The summed E-state index contributed by atoms with van der Waals surface area (Å²) in [6.45, 7) is 0. The van der Waals surface area contributed by atoms with E-state index in [1.54, 1.807) is 28.8 Å². The van der Waals surface area contributed by atoms with E-state index in [1.165, 1.54) is 12.0 Å². The average molecular weight is 434 g/mol. The molecular weight excluding hydrogens is 410 g/mol. The molecule has 0 spiro atoms. The molecule has 0 unspecified atom stereocenters. The van der Waals surface area contributed by atoms with Gasteiger partial charge in [-0.25, -0.2) is 9.50 Å². The maximum atomic E-state index is 9.59. The first kappa shape index (κ1) is 19.6. The number of phenolic OH excluding ortho intramolecular Hbond substituents is 1. The van der Waals surface area contributed by atoms with Crippen LogP contribution >= 0.6 is 0 Å². The van der Waals surface area contributed by atoms with Crippen LogP contribution in [0.3, 0.4) is 0 Å². The molecule has 33 heavy (non-hydrogen) atoms. The van der Waals surface area contributed by atoms with Gasteiger partial charge in [0.2, 0.25) is 0 Å². The maximum absolute atomic E-state index is 9.59. The van der Waals surface area contributed by atoms with E-state index in [0.29, 0.717) is 11.6 Å². The number of rotatable bonds is 4. The van der Waals surface area contributed by atoms with E-state index >= 15 is 0 Å². The Morgan fingerprint density at radius 2 is 1.48 bits per heavy atom. The number of aromatic hydroxyl groups is 1. The summed E-state index contributed by atoms with van der Waals surface area (Å²) in [6, 6.07) is 25.5. The van der Waals surface area contributed by atoms with Gasteiger partial charge in [0, 0.05) is 28.4 Å². The quantitative estimate of drug-likeness (QED) is 0.408. The van der Waals surface area contributed by atoms with Crippen molar-refractivity contribution in [1.82, 2.24) is 19.6 Å². The van der Waals surface area contributed by atoms with Gasteiger partial charge in [0.05, 0.1) is 5.69 Å². The minimum Gasteiger partial charge on any atom is -0.508 e. The number of nitrogens with zero attached hydrogens (tertiary/aromatic N) is 4. The van der Waals surface area contributed by atoms with Crippen LogP contribution in [0.2, 0.25) is 0 Å². The largest absolute Gasteiger partial charge is 0.508 e. The third kappa shape index (κ3) is 3.45. The van der Waals surface area contributed by atoms with Gasteiger partial charge in [-0.2, -0.15) is 4.98 Å². The molecule has 6 heteroatoms. The molecule has 1 aliphatic rings. The fourth-order valence-electron chi connectivity index (χ4n) is 4.41. The van der Waals surface area contributed by atoms with Crippen molar-refractivity contribution in [3.63, 3.8) is 0 Å². The van der Waals surface area contributed by atoms with Gasteiger partial charge in [0.25, 0.3) is 5.78 Å². The Morgan fingerprint density at radius 1 is 0.788 bits per heavy atom. The van der Waals surface area contributed by atoms with Crippen LogP contribution in [0.25, 0.3) is 39.5 Å². The van der Waals surface area contributed by atoms with Gasteiger partial charge >= 0.3 is 0 Å². The highest BCUT2D eigenvalue weighted by molar-refractivity contribution is 5.81. The first-order valence-electron chi connectivity index (χ1n) is 11.1. The standard InChI is InChI=1S/C27H23N5O/c28-27(15-4-16-27)21-11-7-19(8-12-21)24-23(18-5-2-1-3-6-18)17-32-26(29-24)30-25(31-32)20-9-13-22(33)14-10-20/h1-3,5-14,17,33H,4,15-16,28H2. The molecule has 0 atom stereocenters. The molecule has 3 aromatic carbocycles. The number of benzene rings is 3. The second kappa shape index (κ2) is 7.53. The third-order valence-corrected chi connectivity index (χ3v) is 6.52. The van der Waals surface area contributed by atoms with Crippen molar-refractivity contribution in [2.24, 2.45) is 5.73 Å². The topological polar surface area (TPSA) is 89.3 Å². The molecule has 5 aromatic rings.